The molecule has 0 spiro atoms. The van der Waals surface area contributed by atoms with Crippen LogP contribution >= 0.6 is 0 Å². The molecule has 154 valence electrons. The summed E-state index contributed by atoms with van der Waals surface area (Å²) in [5.74, 6) is -1.73. The lowest BCUT2D eigenvalue weighted by atomic mass is 10.1. The molecule has 1 N–H and O–H groups in total. The van der Waals surface area contributed by atoms with Crippen molar-refractivity contribution in [2.45, 2.75) is 19.1 Å². The molecule has 2 aromatic rings. The number of hydrogen-bond donors (Lipinski definition) is 1. The van der Waals surface area contributed by atoms with E-state index in [1.165, 1.54) is 11.2 Å². The molecule has 0 radical (unpaired) electrons. The van der Waals surface area contributed by atoms with Gasteiger partial charge in [0.05, 0.1) is 24.3 Å². The van der Waals surface area contributed by atoms with Crippen LogP contribution in [0.5, 0.6) is 0 Å². The van der Waals surface area contributed by atoms with Crippen molar-refractivity contribution in [2.24, 2.45) is 5.92 Å². The number of nitrogens with one attached hydrogen (secondary N) is 1. The minimum Gasteiger partial charge on any atom is -0.467 e. The van der Waals surface area contributed by atoms with E-state index >= 15 is 0 Å². The summed E-state index contributed by atoms with van der Waals surface area (Å²) in [6.07, 6.45) is -3.02. The molecular formula is C19H17F3N2O5. The van der Waals surface area contributed by atoms with Crippen LogP contribution < -0.4 is 5.32 Å². The SMILES string of the molecule is O=C(COC(=O)[C@H]1CC(=O)N(Cc2ccco2)C1)Nc1ccc(C(F)(F)F)cc1. The Morgan fingerprint density at radius 2 is 1.93 bits per heavy atom. The van der Waals surface area contributed by atoms with Crippen LogP contribution in [0.2, 0.25) is 0 Å². The Morgan fingerprint density at radius 1 is 1.21 bits per heavy atom. The second kappa shape index (κ2) is 8.38. The van der Waals surface area contributed by atoms with E-state index in [9.17, 15) is 27.6 Å². The van der Waals surface area contributed by atoms with Gasteiger partial charge in [0.2, 0.25) is 5.91 Å². The van der Waals surface area contributed by atoms with Crippen molar-refractivity contribution >= 4 is 23.5 Å². The summed E-state index contributed by atoms with van der Waals surface area (Å²) in [5, 5.41) is 2.34. The number of furan rings is 1. The highest BCUT2D eigenvalue weighted by atomic mass is 19.4. The average molecular weight is 410 g/mol. The van der Waals surface area contributed by atoms with E-state index in [-0.39, 0.29) is 31.1 Å². The van der Waals surface area contributed by atoms with Gasteiger partial charge < -0.3 is 19.4 Å². The standard InChI is InChI=1S/C19H17F3N2O5/c20-19(21,22)13-3-5-14(6-4-13)23-16(25)11-29-18(27)12-8-17(26)24(9-12)10-15-2-1-7-28-15/h1-7,12H,8-11H2,(H,23,25)/t12-/m0/s1. The van der Waals surface area contributed by atoms with E-state index in [0.29, 0.717) is 5.76 Å². The summed E-state index contributed by atoms with van der Waals surface area (Å²) in [4.78, 5) is 37.4. The number of halogens is 3. The van der Waals surface area contributed by atoms with Gasteiger partial charge in [0.25, 0.3) is 5.91 Å². The Morgan fingerprint density at radius 3 is 2.55 bits per heavy atom. The predicted molar refractivity (Wildman–Crippen MR) is 93.3 cm³/mol. The fourth-order valence-corrected chi connectivity index (χ4v) is 2.87. The Balaban J connectivity index is 1.45. The zero-order valence-electron chi connectivity index (χ0n) is 15.1. The highest BCUT2D eigenvalue weighted by Crippen LogP contribution is 2.29. The van der Waals surface area contributed by atoms with Gasteiger partial charge in [-0.2, -0.15) is 13.2 Å². The van der Waals surface area contributed by atoms with Crippen molar-refractivity contribution in [2.75, 3.05) is 18.5 Å². The number of amides is 2. The van der Waals surface area contributed by atoms with Crippen molar-refractivity contribution in [3.05, 3.63) is 54.0 Å². The third-order valence-electron chi connectivity index (χ3n) is 4.32. The largest absolute Gasteiger partial charge is 0.467 e. The molecule has 0 unspecified atom stereocenters. The number of benzene rings is 1. The summed E-state index contributed by atoms with van der Waals surface area (Å²) in [6, 6.07) is 7.27. The summed E-state index contributed by atoms with van der Waals surface area (Å²) >= 11 is 0. The number of alkyl halides is 3. The van der Waals surface area contributed by atoms with E-state index < -0.39 is 36.1 Å². The van der Waals surface area contributed by atoms with Crippen LogP contribution in [0.25, 0.3) is 0 Å². The Bertz CT molecular complexity index is 878. The molecule has 1 aromatic heterocycles. The van der Waals surface area contributed by atoms with E-state index in [0.717, 1.165) is 24.3 Å². The van der Waals surface area contributed by atoms with Gasteiger partial charge in [-0.25, -0.2) is 0 Å². The number of rotatable bonds is 6. The molecule has 10 heteroatoms. The summed E-state index contributed by atoms with van der Waals surface area (Å²) in [5.41, 5.74) is -0.702. The Labute approximate surface area is 163 Å². The van der Waals surface area contributed by atoms with Crippen LogP contribution in [-0.4, -0.2) is 35.8 Å². The fourth-order valence-electron chi connectivity index (χ4n) is 2.87. The first kappa shape index (κ1) is 20.4. The average Bonchev–Trinajstić information content (AvgIpc) is 3.30. The van der Waals surface area contributed by atoms with Crippen LogP contribution in [0.3, 0.4) is 0 Å². The lowest BCUT2D eigenvalue weighted by molar-refractivity contribution is -0.151. The first-order valence-corrected chi connectivity index (χ1v) is 8.66. The van der Waals surface area contributed by atoms with Crippen LogP contribution in [0.1, 0.15) is 17.7 Å². The molecule has 29 heavy (non-hydrogen) atoms. The van der Waals surface area contributed by atoms with Gasteiger partial charge in [0, 0.05) is 18.7 Å². The van der Waals surface area contributed by atoms with Gasteiger partial charge >= 0.3 is 12.1 Å². The lowest BCUT2D eigenvalue weighted by Crippen LogP contribution is -2.28. The van der Waals surface area contributed by atoms with E-state index in [1.807, 2.05) is 0 Å². The number of carbonyl (C=O) groups is 3. The first-order valence-electron chi connectivity index (χ1n) is 8.66. The van der Waals surface area contributed by atoms with Gasteiger partial charge in [-0.15, -0.1) is 0 Å². The lowest BCUT2D eigenvalue weighted by Gasteiger charge is -2.14. The number of nitrogens with zero attached hydrogens (tertiary/aromatic N) is 1. The van der Waals surface area contributed by atoms with Gasteiger partial charge in [0.15, 0.2) is 6.61 Å². The molecule has 0 aliphatic carbocycles. The van der Waals surface area contributed by atoms with Crippen molar-refractivity contribution in [1.82, 2.24) is 4.90 Å². The number of hydrogen-bond acceptors (Lipinski definition) is 5. The van der Waals surface area contributed by atoms with E-state index in [1.54, 1.807) is 12.1 Å². The molecule has 1 aliphatic rings. The molecule has 2 heterocycles. The summed E-state index contributed by atoms with van der Waals surface area (Å²) in [7, 11) is 0. The fraction of sp³-hybridized carbons (Fsp3) is 0.316. The van der Waals surface area contributed by atoms with Crippen LogP contribution in [0.15, 0.2) is 47.1 Å². The van der Waals surface area contributed by atoms with Gasteiger partial charge in [-0.3, -0.25) is 14.4 Å². The molecule has 1 aromatic carbocycles. The highest BCUT2D eigenvalue weighted by Gasteiger charge is 2.36. The molecule has 1 atom stereocenters. The molecule has 1 saturated heterocycles. The van der Waals surface area contributed by atoms with Crippen LogP contribution in [0, 0.1) is 5.92 Å². The molecule has 0 saturated carbocycles. The third-order valence-corrected chi connectivity index (χ3v) is 4.32. The molecular weight excluding hydrogens is 393 g/mol. The second-order valence-electron chi connectivity index (χ2n) is 6.49. The van der Waals surface area contributed by atoms with Crippen molar-refractivity contribution < 1.29 is 36.7 Å². The Kier molecular flexibility index (Phi) is 5.90. The van der Waals surface area contributed by atoms with Crippen molar-refractivity contribution in [3.8, 4) is 0 Å². The topological polar surface area (TPSA) is 88.9 Å². The van der Waals surface area contributed by atoms with Gasteiger partial charge in [0.1, 0.15) is 5.76 Å². The molecule has 2 amide bonds. The van der Waals surface area contributed by atoms with Gasteiger partial charge in [-0.1, -0.05) is 0 Å². The molecule has 1 fully saturated rings. The second-order valence-corrected chi connectivity index (χ2v) is 6.49. The van der Waals surface area contributed by atoms with Crippen LogP contribution in [-0.2, 0) is 31.8 Å². The number of anilines is 1. The normalized spacial score (nSPS) is 16.7. The molecule has 7 nitrogen and oxygen atoms in total. The minimum atomic E-state index is -4.47. The number of carbonyl (C=O) groups excluding carboxylic acids is 3. The maximum atomic E-state index is 12.5. The third kappa shape index (κ3) is 5.37. The number of likely N-dealkylation sites (tertiary alicyclic amines) is 1. The van der Waals surface area contributed by atoms with Crippen molar-refractivity contribution in [1.29, 1.82) is 0 Å². The quantitative estimate of drug-likeness (QED) is 0.740. The Hall–Kier alpha value is -3.30. The van der Waals surface area contributed by atoms with Crippen molar-refractivity contribution in [3.63, 3.8) is 0 Å². The molecule has 3 rings (SSSR count). The molecule has 0 bridgehead atoms. The summed E-state index contributed by atoms with van der Waals surface area (Å²) in [6.45, 7) is -0.217. The smallest absolute Gasteiger partial charge is 0.416 e. The monoisotopic (exact) mass is 410 g/mol. The zero-order valence-corrected chi connectivity index (χ0v) is 15.1. The zero-order chi connectivity index (χ0) is 21.0. The summed E-state index contributed by atoms with van der Waals surface area (Å²) < 4.78 is 47.7. The number of ether oxygens (including phenoxy) is 1. The predicted octanol–water partition coefficient (Wildman–Crippen LogP) is 2.83. The first-order chi connectivity index (χ1) is 13.7. The van der Waals surface area contributed by atoms with Crippen LogP contribution in [0.4, 0.5) is 18.9 Å². The maximum Gasteiger partial charge on any atom is 0.416 e. The minimum absolute atomic E-state index is 0.0277. The maximum absolute atomic E-state index is 12.5. The molecule has 1 aliphatic heterocycles. The number of esters is 1. The highest BCUT2D eigenvalue weighted by molar-refractivity contribution is 5.93. The van der Waals surface area contributed by atoms with Gasteiger partial charge in [-0.05, 0) is 36.4 Å². The van der Waals surface area contributed by atoms with E-state index in [4.69, 9.17) is 9.15 Å². The van der Waals surface area contributed by atoms with E-state index in [2.05, 4.69) is 5.32 Å².